The third-order valence-corrected chi connectivity index (χ3v) is 5.05. The number of benzene rings is 1. The molecule has 5 N–H and O–H groups in total. The molecular formula is C21H24ClN5O3. The van der Waals surface area contributed by atoms with E-state index in [1.807, 2.05) is 13.0 Å². The quantitative estimate of drug-likeness (QED) is 0.413. The first-order chi connectivity index (χ1) is 14.5. The minimum Gasteiger partial charge on any atom is -0.395 e. The highest BCUT2D eigenvalue weighted by Gasteiger charge is 2.23. The highest BCUT2D eigenvalue weighted by atomic mass is 35.5. The second kappa shape index (κ2) is 9.71. The van der Waals surface area contributed by atoms with Gasteiger partial charge in [0, 0.05) is 23.5 Å². The monoisotopic (exact) mass is 429 g/mol. The SMILES string of the molecule is CC[C@H](CO)Nc1cc(-n2cc(C(N)=O)nc2[C@@H](CO)c2cccc(Cl)c2)ccn1. The second-order valence-corrected chi connectivity index (χ2v) is 7.28. The van der Waals surface area contributed by atoms with Crippen LogP contribution in [-0.4, -0.2) is 49.9 Å². The van der Waals surface area contributed by atoms with E-state index in [0.717, 1.165) is 12.0 Å². The van der Waals surface area contributed by atoms with Crippen LogP contribution in [0.1, 0.15) is 41.1 Å². The number of aliphatic hydroxyl groups excluding tert-OH is 2. The summed E-state index contributed by atoms with van der Waals surface area (Å²) in [5.41, 5.74) is 6.97. The Morgan fingerprint density at radius 3 is 2.70 bits per heavy atom. The molecule has 0 aliphatic rings. The molecule has 1 amide bonds. The van der Waals surface area contributed by atoms with Crippen molar-refractivity contribution < 1.29 is 15.0 Å². The Balaban J connectivity index is 2.08. The van der Waals surface area contributed by atoms with Crippen LogP contribution in [0.15, 0.2) is 48.8 Å². The van der Waals surface area contributed by atoms with Gasteiger partial charge in [-0.3, -0.25) is 4.79 Å². The van der Waals surface area contributed by atoms with Gasteiger partial charge in [-0.2, -0.15) is 0 Å². The molecule has 0 radical (unpaired) electrons. The van der Waals surface area contributed by atoms with Crippen LogP contribution in [0.3, 0.4) is 0 Å². The molecule has 0 unspecified atom stereocenters. The minimum atomic E-state index is -0.670. The first kappa shape index (κ1) is 21.8. The van der Waals surface area contributed by atoms with Crippen LogP contribution >= 0.6 is 11.6 Å². The Hall–Kier alpha value is -2.94. The fraction of sp³-hybridized carbons (Fsp3) is 0.286. The number of nitrogens with zero attached hydrogens (tertiary/aromatic N) is 3. The number of hydrogen-bond donors (Lipinski definition) is 4. The molecule has 9 heteroatoms. The maximum atomic E-state index is 11.8. The first-order valence-corrected chi connectivity index (χ1v) is 9.93. The van der Waals surface area contributed by atoms with Gasteiger partial charge in [0.2, 0.25) is 0 Å². The van der Waals surface area contributed by atoms with Gasteiger partial charge in [0.1, 0.15) is 17.3 Å². The highest BCUT2D eigenvalue weighted by Crippen LogP contribution is 2.28. The molecule has 0 aliphatic heterocycles. The first-order valence-electron chi connectivity index (χ1n) is 9.56. The fourth-order valence-electron chi connectivity index (χ4n) is 3.16. The van der Waals surface area contributed by atoms with Crippen LogP contribution < -0.4 is 11.1 Å². The summed E-state index contributed by atoms with van der Waals surface area (Å²) in [4.78, 5) is 20.5. The van der Waals surface area contributed by atoms with Crippen molar-refractivity contribution in [3.63, 3.8) is 0 Å². The lowest BCUT2D eigenvalue weighted by Gasteiger charge is -2.18. The third kappa shape index (κ3) is 4.79. The molecule has 2 atom stereocenters. The molecule has 8 nitrogen and oxygen atoms in total. The summed E-state index contributed by atoms with van der Waals surface area (Å²) >= 11 is 6.12. The normalized spacial score (nSPS) is 13.1. The Labute approximate surface area is 179 Å². The minimum absolute atomic E-state index is 0.0219. The number of carbonyl (C=O) groups is 1. The van der Waals surface area contributed by atoms with Crippen molar-refractivity contribution in [3.05, 3.63) is 70.9 Å². The van der Waals surface area contributed by atoms with E-state index in [9.17, 15) is 15.0 Å². The number of pyridine rings is 1. The predicted molar refractivity (Wildman–Crippen MR) is 115 cm³/mol. The maximum absolute atomic E-state index is 11.8. The number of nitrogens with one attached hydrogen (secondary N) is 1. The summed E-state index contributed by atoms with van der Waals surface area (Å²) < 4.78 is 1.70. The largest absolute Gasteiger partial charge is 0.395 e. The molecule has 158 valence electrons. The lowest BCUT2D eigenvalue weighted by molar-refractivity contribution is 0.0995. The molecule has 3 rings (SSSR count). The number of carbonyl (C=O) groups excluding carboxylic acids is 1. The lowest BCUT2D eigenvalue weighted by Crippen LogP contribution is -2.23. The standard InChI is InChI=1S/C21H24ClN5O3/c1-2-15(11-28)25-19-9-16(6-7-24-19)27-10-18(20(23)30)26-21(27)17(12-29)13-4-3-5-14(22)8-13/h3-10,15,17,28-29H,2,11-12H2,1H3,(H2,23,30)(H,24,25)/t15-,17+/m1/s1. The Bertz CT molecular complexity index is 1020. The Morgan fingerprint density at radius 1 is 1.27 bits per heavy atom. The Morgan fingerprint density at radius 2 is 2.07 bits per heavy atom. The van der Waals surface area contributed by atoms with E-state index in [1.54, 1.807) is 41.1 Å². The number of halogens is 1. The van der Waals surface area contributed by atoms with E-state index in [-0.39, 0.29) is 24.9 Å². The Kier molecular flexibility index (Phi) is 7.04. The van der Waals surface area contributed by atoms with Crippen LogP contribution in [0.4, 0.5) is 5.82 Å². The van der Waals surface area contributed by atoms with Gasteiger partial charge < -0.3 is 25.8 Å². The van der Waals surface area contributed by atoms with E-state index in [0.29, 0.717) is 22.4 Å². The molecule has 0 aliphatic carbocycles. The number of rotatable bonds is 9. The molecule has 2 heterocycles. The topological polar surface area (TPSA) is 126 Å². The summed E-state index contributed by atoms with van der Waals surface area (Å²) in [5.74, 6) is -0.185. The summed E-state index contributed by atoms with van der Waals surface area (Å²) in [6.07, 6.45) is 3.88. The van der Waals surface area contributed by atoms with Crippen molar-refractivity contribution in [1.82, 2.24) is 14.5 Å². The average molecular weight is 430 g/mol. The van der Waals surface area contributed by atoms with E-state index < -0.39 is 11.8 Å². The molecular weight excluding hydrogens is 406 g/mol. The lowest BCUT2D eigenvalue weighted by atomic mass is 9.99. The number of hydrogen-bond acceptors (Lipinski definition) is 6. The van der Waals surface area contributed by atoms with Crippen molar-refractivity contribution in [3.8, 4) is 5.69 Å². The number of aromatic nitrogens is 3. The van der Waals surface area contributed by atoms with E-state index >= 15 is 0 Å². The zero-order chi connectivity index (χ0) is 21.7. The number of aliphatic hydroxyl groups is 2. The van der Waals surface area contributed by atoms with Crippen molar-refractivity contribution in [2.45, 2.75) is 25.3 Å². The van der Waals surface area contributed by atoms with Gasteiger partial charge in [0.25, 0.3) is 5.91 Å². The van der Waals surface area contributed by atoms with Gasteiger partial charge >= 0.3 is 0 Å². The van der Waals surface area contributed by atoms with Gasteiger partial charge in [0.15, 0.2) is 0 Å². The van der Waals surface area contributed by atoms with Gasteiger partial charge in [0.05, 0.1) is 30.9 Å². The van der Waals surface area contributed by atoms with E-state index in [4.69, 9.17) is 17.3 Å². The average Bonchev–Trinajstić information content (AvgIpc) is 3.18. The zero-order valence-corrected chi connectivity index (χ0v) is 17.3. The third-order valence-electron chi connectivity index (χ3n) is 4.82. The smallest absolute Gasteiger partial charge is 0.268 e. The number of nitrogens with two attached hydrogens (primary N) is 1. The van der Waals surface area contributed by atoms with Crippen LogP contribution in [0, 0.1) is 0 Å². The van der Waals surface area contributed by atoms with Crippen molar-refractivity contribution >= 4 is 23.3 Å². The molecule has 0 fully saturated rings. The second-order valence-electron chi connectivity index (χ2n) is 6.84. The molecule has 2 aromatic heterocycles. The number of primary amides is 1. The van der Waals surface area contributed by atoms with Crippen molar-refractivity contribution in [2.24, 2.45) is 5.73 Å². The molecule has 0 saturated heterocycles. The van der Waals surface area contributed by atoms with Gasteiger partial charge in [-0.25, -0.2) is 9.97 Å². The molecule has 30 heavy (non-hydrogen) atoms. The molecule has 0 saturated carbocycles. The molecule has 3 aromatic rings. The molecule has 0 spiro atoms. The van der Waals surface area contributed by atoms with Crippen molar-refractivity contribution in [1.29, 1.82) is 0 Å². The van der Waals surface area contributed by atoms with Gasteiger partial charge in [-0.15, -0.1) is 0 Å². The van der Waals surface area contributed by atoms with Crippen LogP contribution in [0.25, 0.3) is 5.69 Å². The number of amides is 1. The van der Waals surface area contributed by atoms with Crippen molar-refractivity contribution in [2.75, 3.05) is 18.5 Å². The molecule has 1 aromatic carbocycles. The van der Waals surface area contributed by atoms with Crippen LogP contribution in [0.2, 0.25) is 5.02 Å². The van der Waals surface area contributed by atoms with Crippen LogP contribution in [-0.2, 0) is 0 Å². The molecule has 0 bridgehead atoms. The number of imidazole rings is 1. The summed E-state index contributed by atoms with van der Waals surface area (Å²) in [6, 6.07) is 10.5. The summed E-state index contributed by atoms with van der Waals surface area (Å²) in [7, 11) is 0. The van der Waals surface area contributed by atoms with Gasteiger partial charge in [-0.1, -0.05) is 30.7 Å². The highest BCUT2D eigenvalue weighted by molar-refractivity contribution is 6.30. The summed E-state index contributed by atoms with van der Waals surface area (Å²) in [5, 5.41) is 23.3. The van der Waals surface area contributed by atoms with Crippen LogP contribution in [0.5, 0.6) is 0 Å². The number of anilines is 1. The zero-order valence-electron chi connectivity index (χ0n) is 16.5. The van der Waals surface area contributed by atoms with E-state index in [2.05, 4.69) is 15.3 Å². The maximum Gasteiger partial charge on any atom is 0.268 e. The predicted octanol–water partition coefficient (Wildman–Crippen LogP) is 2.33. The van der Waals surface area contributed by atoms with Gasteiger partial charge in [-0.05, 0) is 30.2 Å². The van der Waals surface area contributed by atoms with E-state index in [1.165, 1.54) is 6.20 Å². The fourth-order valence-corrected chi connectivity index (χ4v) is 3.36. The summed E-state index contributed by atoms with van der Waals surface area (Å²) in [6.45, 7) is 1.70.